The lowest BCUT2D eigenvalue weighted by Gasteiger charge is -2.36. The second kappa shape index (κ2) is 7.68. The molecule has 1 aromatic carbocycles. The van der Waals surface area contributed by atoms with E-state index in [2.05, 4.69) is 0 Å². The Bertz CT molecular complexity index is 938. The van der Waals surface area contributed by atoms with Gasteiger partial charge in [-0.05, 0) is 18.1 Å². The molecule has 1 N–H and O–H groups in total. The maximum Gasteiger partial charge on any atom is 0.354 e. The molecular formula is C22H25NO7. The summed E-state index contributed by atoms with van der Waals surface area (Å²) in [7, 11) is 4.14. The first-order chi connectivity index (χ1) is 14.4. The summed E-state index contributed by atoms with van der Waals surface area (Å²) in [6, 6.07) is 3.79. The van der Waals surface area contributed by atoms with E-state index >= 15 is 0 Å². The monoisotopic (exact) mass is 415 g/mol. The zero-order valence-electron chi connectivity index (χ0n) is 17.2. The molecule has 8 heteroatoms. The first-order valence-corrected chi connectivity index (χ1v) is 9.81. The van der Waals surface area contributed by atoms with Crippen LogP contribution in [0.3, 0.4) is 0 Å². The molecule has 0 bridgehead atoms. The van der Waals surface area contributed by atoms with Crippen molar-refractivity contribution in [2.75, 3.05) is 27.9 Å². The number of hydrogen-bond donors (Lipinski definition) is 1. The molecule has 2 aliphatic heterocycles. The highest BCUT2D eigenvalue weighted by molar-refractivity contribution is 5.95. The van der Waals surface area contributed by atoms with Gasteiger partial charge >= 0.3 is 11.9 Å². The second-order valence-electron chi connectivity index (χ2n) is 7.66. The van der Waals surface area contributed by atoms with E-state index in [1.165, 1.54) is 14.2 Å². The normalized spacial score (nSPS) is 26.8. The maximum absolute atomic E-state index is 12.4. The van der Waals surface area contributed by atoms with Crippen LogP contribution in [0.1, 0.15) is 24.0 Å². The van der Waals surface area contributed by atoms with Crippen LogP contribution in [-0.2, 0) is 31.0 Å². The van der Waals surface area contributed by atoms with Crippen molar-refractivity contribution in [2.45, 2.75) is 37.0 Å². The summed E-state index contributed by atoms with van der Waals surface area (Å²) in [5, 5.41) is 10.2. The minimum Gasteiger partial charge on any atom is -0.493 e. The number of hydrogen-bond acceptors (Lipinski definition) is 8. The molecule has 1 spiro atoms. The van der Waals surface area contributed by atoms with Crippen molar-refractivity contribution >= 4 is 11.9 Å². The van der Waals surface area contributed by atoms with Gasteiger partial charge in [-0.3, -0.25) is 0 Å². The van der Waals surface area contributed by atoms with Gasteiger partial charge in [-0.15, -0.1) is 0 Å². The maximum atomic E-state index is 12.4. The quantitative estimate of drug-likeness (QED) is 0.449. The Balaban J connectivity index is 1.82. The molecule has 0 saturated heterocycles. The Hall–Kier alpha value is -3.00. The van der Waals surface area contributed by atoms with Crippen LogP contribution in [0, 0.1) is 0 Å². The molecule has 0 saturated carbocycles. The summed E-state index contributed by atoms with van der Waals surface area (Å²) in [6.07, 6.45) is 5.26. The SMILES string of the molecule is COC(=O)C=C(C(=O)OC)N1CCC23C=CC(O)CC2Oc2c(OC)ccc(c23)C1. The van der Waals surface area contributed by atoms with Gasteiger partial charge in [0.05, 0.1) is 38.9 Å². The Kier molecular flexibility index (Phi) is 5.19. The van der Waals surface area contributed by atoms with Crippen LogP contribution < -0.4 is 9.47 Å². The van der Waals surface area contributed by atoms with Gasteiger partial charge in [-0.2, -0.15) is 0 Å². The zero-order chi connectivity index (χ0) is 21.5. The van der Waals surface area contributed by atoms with Crippen LogP contribution in [0.25, 0.3) is 0 Å². The van der Waals surface area contributed by atoms with Gasteiger partial charge in [0.15, 0.2) is 11.5 Å². The number of methoxy groups -OCH3 is 3. The van der Waals surface area contributed by atoms with Gasteiger partial charge in [0.1, 0.15) is 11.8 Å². The highest BCUT2D eigenvalue weighted by atomic mass is 16.5. The lowest BCUT2D eigenvalue weighted by atomic mass is 9.69. The highest BCUT2D eigenvalue weighted by Gasteiger charge is 2.53. The van der Waals surface area contributed by atoms with Crippen molar-refractivity contribution in [3.63, 3.8) is 0 Å². The molecular weight excluding hydrogens is 390 g/mol. The smallest absolute Gasteiger partial charge is 0.354 e. The zero-order valence-corrected chi connectivity index (χ0v) is 17.2. The molecule has 0 amide bonds. The number of carbonyl (C=O) groups excluding carboxylic acids is 2. The van der Waals surface area contributed by atoms with Gasteiger partial charge in [-0.1, -0.05) is 18.2 Å². The predicted octanol–water partition coefficient (Wildman–Crippen LogP) is 1.45. The molecule has 0 radical (unpaired) electrons. The van der Waals surface area contributed by atoms with Gasteiger partial charge in [0.2, 0.25) is 0 Å². The Morgan fingerprint density at radius 2 is 2.07 bits per heavy atom. The lowest BCUT2D eigenvalue weighted by molar-refractivity contribution is -0.140. The molecule has 30 heavy (non-hydrogen) atoms. The van der Waals surface area contributed by atoms with Gasteiger partial charge in [-0.25, -0.2) is 9.59 Å². The third-order valence-electron chi connectivity index (χ3n) is 6.15. The fourth-order valence-electron chi connectivity index (χ4n) is 4.70. The summed E-state index contributed by atoms with van der Waals surface area (Å²) >= 11 is 0. The van der Waals surface area contributed by atoms with Crippen molar-refractivity contribution in [3.05, 3.63) is 47.2 Å². The van der Waals surface area contributed by atoms with E-state index in [9.17, 15) is 14.7 Å². The largest absolute Gasteiger partial charge is 0.493 e. The highest BCUT2D eigenvalue weighted by Crippen LogP contribution is 2.55. The predicted molar refractivity (Wildman–Crippen MR) is 106 cm³/mol. The summed E-state index contributed by atoms with van der Waals surface area (Å²) in [5.74, 6) is 0.0828. The molecule has 8 nitrogen and oxygen atoms in total. The Morgan fingerprint density at radius 1 is 1.27 bits per heavy atom. The van der Waals surface area contributed by atoms with Crippen molar-refractivity contribution in [2.24, 2.45) is 0 Å². The summed E-state index contributed by atoms with van der Waals surface area (Å²) in [4.78, 5) is 26.2. The van der Waals surface area contributed by atoms with E-state index < -0.39 is 23.5 Å². The Morgan fingerprint density at radius 3 is 2.77 bits per heavy atom. The fraction of sp³-hybridized carbons (Fsp3) is 0.455. The van der Waals surface area contributed by atoms with Crippen LogP contribution in [0.5, 0.6) is 11.5 Å². The number of aliphatic hydroxyl groups is 1. The van der Waals surface area contributed by atoms with Gasteiger partial charge in [0.25, 0.3) is 0 Å². The summed E-state index contributed by atoms with van der Waals surface area (Å²) in [6.45, 7) is 0.868. The number of esters is 2. The third kappa shape index (κ3) is 3.11. The summed E-state index contributed by atoms with van der Waals surface area (Å²) < 4.78 is 21.4. The molecule has 1 aromatic rings. The number of benzene rings is 1. The van der Waals surface area contributed by atoms with Crippen LogP contribution in [-0.4, -0.2) is 62.0 Å². The van der Waals surface area contributed by atoms with Crippen LogP contribution in [0.4, 0.5) is 0 Å². The van der Waals surface area contributed by atoms with Gasteiger partial charge < -0.3 is 29.0 Å². The van der Waals surface area contributed by atoms with Gasteiger partial charge in [0, 0.05) is 25.1 Å². The summed E-state index contributed by atoms with van der Waals surface area (Å²) in [5.41, 5.74) is 1.67. The van der Waals surface area contributed by atoms with Crippen LogP contribution >= 0.6 is 0 Å². The van der Waals surface area contributed by atoms with Crippen LogP contribution in [0.2, 0.25) is 0 Å². The van der Waals surface area contributed by atoms with Crippen LogP contribution in [0.15, 0.2) is 36.1 Å². The number of nitrogens with zero attached hydrogens (tertiary/aromatic N) is 1. The molecule has 3 atom stereocenters. The van der Waals surface area contributed by atoms with E-state index in [0.29, 0.717) is 37.4 Å². The molecule has 0 fully saturated rings. The molecule has 160 valence electrons. The minimum absolute atomic E-state index is 0.141. The fourth-order valence-corrected chi connectivity index (χ4v) is 4.70. The van der Waals surface area contributed by atoms with E-state index in [0.717, 1.165) is 17.2 Å². The third-order valence-corrected chi connectivity index (χ3v) is 6.15. The number of carbonyl (C=O) groups is 2. The average Bonchev–Trinajstić information content (AvgIpc) is 2.99. The van der Waals surface area contributed by atoms with Crippen molar-refractivity contribution in [3.8, 4) is 11.5 Å². The first kappa shape index (κ1) is 20.3. The molecule has 3 aliphatic rings. The molecule has 3 unspecified atom stereocenters. The molecule has 0 aromatic heterocycles. The molecule has 4 rings (SSSR count). The molecule has 2 heterocycles. The van der Waals surface area contributed by atoms with E-state index in [-0.39, 0.29) is 11.8 Å². The van der Waals surface area contributed by atoms with E-state index in [1.54, 1.807) is 13.2 Å². The van der Waals surface area contributed by atoms with Crippen molar-refractivity contribution in [1.82, 2.24) is 4.90 Å². The van der Waals surface area contributed by atoms with Crippen molar-refractivity contribution in [1.29, 1.82) is 0 Å². The molecule has 1 aliphatic carbocycles. The van der Waals surface area contributed by atoms with Crippen molar-refractivity contribution < 1.29 is 33.6 Å². The second-order valence-corrected chi connectivity index (χ2v) is 7.66. The first-order valence-electron chi connectivity index (χ1n) is 9.81. The number of ether oxygens (including phenoxy) is 4. The average molecular weight is 415 g/mol. The van der Waals surface area contributed by atoms with E-state index in [1.807, 2.05) is 23.1 Å². The minimum atomic E-state index is -0.626. The lowest BCUT2D eigenvalue weighted by Crippen LogP contribution is -2.43. The Labute approximate surface area is 174 Å². The topological polar surface area (TPSA) is 94.5 Å². The number of aliphatic hydroxyl groups excluding tert-OH is 1. The number of rotatable bonds is 4. The van der Waals surface area contributed by atoms with E-state index in [4.69, 9.17) is 18.9 Å². The standard InChI is InChI=1S/C22H25NO7/c1-27-16-5-4-13-12-23(15(21(26)29-3)11-18(25)28-2)9-8-22-7-6-14(24)10-17(22)30-20(16)19(13)22/h4-7,11,14,17,24H,8-10,12H2,1-3H3.